The zero-order chi connectivity index (χ0) is 14.7. The van der Waals surface area contributed by atoms with Gasteiger partial charge in [0.15, 0.2) is 0 Å². The van der Waals surface area contributed by atoms with Crippen LogP contribution >= 0.6 is 0 Å². The summed E-state index contributed by atoms with van der Waals surface area (Å²) >= 11 is 0. The van der Waals surface area contributed by atoms with Gasteiger partial charge in [-0.3, -0.25) is 4.79 Å². The molecule has 5 atom stereocenters. The number of carbonyl (C=O) groups is 2. The Hall–Kier alpha value is -1.36. The highest BCUT2D eigenvalue weighted by atomic mass is 16.6. The van der Waals surface area contributed by atoms with E-state index >= 15 is 0 Å². The number of aliphatic hydroxyl groups is 1. The molecule has 2 heterocycles. The average molecular weight is 280 g/mol. The molecule has 0 aromatic rings. The molecule has 0 amide bonds. The fourth-order valence-electron chi connectivity index (χ4n) is 4.14. The van der Waals surface area contributed by atoms with Crippen LogP contribution in [-0.4, -0.2) is 34.4 Å². The van der Waals surface area contributed by atoms with Gasteiger partial charge in [0.2, 0.25) is 0 Å². The molecule has 2 aliphatic heterocycles. The summed E-state index contributed by atoms with van der Waals surface area (Å²) in [4.78, 5) is 23.4. The highest BCUT2D eigenvalue weighted by Gasteiger charge is 2.66. The van der Waals surface area contributed by atoms with Crippen molar-refractivity contribution < 1.29 is 24.2 Å². The topological polar surface area (TPSA) is 72.8 Å². The van der Waals surface area contributed by atoms with Crippen LogP contribution in [0.5, 0.6) is 0 Å². The number of carbonyl (C=O) groups excluding carboxylic acids is 2. The lowest BCUT2D eigenvalue weighted by molar-refractivity contribution is -0.219. The lowest BCUT2D eigenvalue weighted by Crippen LogP contribution is -2.62. The Morgan fingerprint density at radius 2 is 2.05 bits per heavy atom. The highest BCUT2D eigenvalue weighted by Crippen LogP contribution is 2.53. The lowest BCUT2D eigenvalue weighted by Gasteiger charge is -2.46. The lowest BCUT2D eigenvalue weighted by atomic mass is 9.70. The minimum Gasteiger partial charge on any atom is -0.456 e. The molecule has 0 radical (unpaired) electrons. The van der Waals surface area contributed by atoms with E-state index in [2.05, 4.69) is 6.58 Å². The maximum atomic E-state index is 11.7. The molecule has 1 N–H and O–H groups in total. The fourth-order valence-corrected chi connectivity index (χ4v) is 4.14. The van der Waals surface area contributed by atoms with Crippen LogP contribution in [0, 0.1) is 11.8 Å². The van der Waals surface area contributed by atoms with Crippen LogP contribution in [0.2, 0.25) is 0 Å². The molecular weight excluding hydrogens is 260 g/mol. The van der Waals surface area contributed by atoms with Crippen LogP contribution in [0.1, 0.15) is 39.5 Å². The Bertz CT molecular complexity index is 494. The predicted octanol–water partition coefficient (Wildman–Crippen LogP) is 1.34. The third kappa shape index (κ3) is 1.53. The summed E-state index contributed by atoms with van der Waals surface area (Å²) in [5.74, 6) is -0.923. The molecule has 0 bridgehead atoms. The summed E-state index contributed by atoms with van der Waals surface area (Å²) in [6.45, 7) is 7.40. The number of fused-ring (bicyclic) bond motifs is 1. The average Bonchev–Trinajstić information content (AvgIpc) is 2.89. The van der Waals surface area contributed by atoms with Crippen molar-refractivity contribution >= 4 is 11.9 Å². The molecule has 110 valence electrons. The molecule has 3 fully saturated rings. The van der Waals surface area contributed by atoms with E-state index in [9.17, 15) is 14.7 Å². The van der Waals surface area contributed by atoms with Gasteiger partial charge in [-0.1, -0.05) is 13.5 Å². The Morgan fingerprint density at radius 1 is 1.35 bits per heavy atom. The summed E-state index contributed by atoms with van der Waals surface area (Å²) in [6, 6.07) is 0. The molecule has 5 nitrogen and oxygen atoms in total. The predicted molar refractivity (Wildman–Crippen MR) is 69.6 cm³/mol. The molecule has 0 unspecified atom stereocenters. The minimum atomic E-state index is -1.39. The molecule has 5 heteroatoms. The van der Waals surface area contributed by atoms with E-state index in [1.807, 2.05) is 6.92 Å². The zero-order valence-electron chi connectivity index (χ0n) is 11.8. The number of hydrogen-bond donors (Lipinski definition) is 1. The molecule has 1 saturated carbocycles. The minimum absolute atomic E-state index is 0.0149. The number of rotatable bonds is 0. The first-order valence-corrected chi connectivity index (χ1v) is 7.13. The SMILES string of the molecule is C=C1C(=O)O[C@H]2[C@H]1CC[C@@H](C)[C@]1(CCC(=O)O1)[C@]2(C)O. The molecule has 3 aliphatic rings. The van der Waals surface area contributed by atoms with Gasteiger partial charge >= 0.3 is 11.9 Å². The summed E-state index contributed by atoms with van der Waals surface area (Å²) in [7, 11) is 0. The monoisotopic (exact) mass is 280 g/mol. The zero-order valence-corrected chi connectivity index (χ0v) is 11.8. The van der Waals surface area contributed by atoms with Gasteiger partial charge in [0.05, 0.1) is 0 Å². The summed E-state index contributed by atoms with van der Waals surface area (Å²) in [6.07, 6.45) is 1.56. The van der Waals surface area contributed by atoms with E-state index in [1.165, 1.54) is 0 Å². The number of ether oxygens (including phenoxy) is 2. The van der Waals surface area contributed by atoms with Gasteiger partial charge in [-0.2, -0.15) is 0 Å². The maximum Gasteiger partial charge on any atom is 0.334 e. The van der Waals surface area contributed by atoms with Crippen molar-refractivity contribution in [3.05, 3.63) is 12.2 Å². The van der Waals surface area contributed by atoms with E-state index in [1.54, 1.807) is 6.92 Å². The van der Waals surface area contributed by atoms with Gasteiger partial charge in [0.1, 0.15) is 17.3 Å². The standard InChI is InChI=1S/C15H20O5/c1-8-4-5-10-9(2)13(17)19-12(10)14(3,18)15(8)7-6-11(16)20-15/h8,10,12,18H,2,4-7H2,1,3H3/t8-,10+,12+,14-,15-/m1/s1. The molecular formula is C15H20O5. The van der Waals surface area contributed by atoms with Crippen LogP contribution in [0.4, 0.5) is 0 Å². The second kappa shape index (κ2) is 4.07. The smallest absolute Gasteiger partial charge is 0.334 e. The first-order valence-electron chi connectivity index (χ1n) is 7.13. The van der Waals surface area contributed by atoms with Gasteiger partial charge in [0, 0.05) is 24.3 Å². The van der Waals surface area contributed by atoms with E-state index in [0.29, 0.717) is 24.8 Å². The molecule has 1 aliphatic carbocycles. The third-order valence-corrected chi connectivity index (χ3v) is 5.42. The largest absolute Gasteiger partial charge is 0.456 e. The van der Waals surface area contributed by atoms with Gasteiger partial charge in [-0.05, 0) is 25.7 Å². The number of hydrogen-bond acceptors (Lipinski definition) is 5. The van der Waals surface area contributed by atoms with Crippen LogP contribution < -0.4 is 0 Å². The van der Waals surface area contributed by atoms with Crippen molar-refractivity contribution in [3.63, 3.8) is 0 Å². The molecule has 1 spiro atoms. The Kier molecular flexibility index (Phi) is 2.77. The Labute approximate surface area is 117 Å². The fraction of sp³-hybridized carbons (Fsp3) is 0.733. The number of esters is 2. The van der Waals surface area contributed by atoms with Crippen molar-refractivity contribution in [1.82, 2.24) is 0 Å². The van der Waals surface area contributed by atoms with Gasteiger partial charge < -0.3 is 14.6 Å². The van der Waals surface area contributed by atoms with Crippen LogP contribution in [-0.2, 0) is 19.1 Å². The van der Waals surface area contributed by atoms with E-state index in [4.69, 9.17) is 9.47 Å². The first kappa shape index (κ1) is 13.6. The van der Waals surface area contributed by atoms with Crippen LogP contribution in [0.3, 0.4) is 0 Å². The second-order valence-corrected chi connectivity index (χ2v) is 6.45. The van der Waals surface area contributed by atoms with E-state index in [-0.39, 0.29) is 17.8 Å². The van der Waals surface area contributed by atoms with Gasteiger partial charge in [-0.25, -0.2) is 4.79 Å². The van der Waals surface area contributed by atoms with Crippen molar-refractivity contribution in [1.29, 1.82) is 0 Å². The van der Waals surface area contributed by atoms with Crippen LogP contribution in [0.25, 0.3) is 0 Å². The van der Waals surface area contributed by atoms with Crippen molar-refractivity contribution in [3.8, 4) is 0 Å². The summed E-state index contributed by atoms with van der Waals surface area (Å²) in [5.41, 5.74) is -1.94. The summed E-state index contributed by atoms with van der Waals surface area (Å²) in [5, 5.41) is 11.1. The molecule has 3 rings (SSSR count). The van der Waals surface area contributed by atoms with Gasteiger partial charge in [-0.15, -0.1) is 0 Å². The van der Waals surface area contributed by atoms with E-state index < -0.39 is 23.3 Å². The van der Waals surface area contributed by atoms with Crippen LogP contribution in [0.15, 0.2) is 12.2 Å². The van der Waals surface area contributed by atoms with Crippen molar-refractivity contribution in [2.24, 2.45) is 11.8 Å². The molecule has 0 aromatic carbocycles. The summed E-state index contributed by atoms with van der Waals surface area (Å²) < 4.78 is 10.9. The Balaban J connectivity index is 2.06. The van der Waals surface area contributed by atoms with E-state index in [0.717, 1.165) is 6.42 Å². The molecule has 0 aromatic heterocycles. The van der Waals surface area contributed by atoms with Crippen molar-refractivity contribution in [2.75, 3.05) is 0 Å². The first-order chi connectivity index (χ1) is 9.29. The normalized spacial score (nSPS) is 48.0. The molecule has 2 saturated heterocycles. The highest BCUT2D eigenvalue weighted by molar-refractivity contribution is 5.91. The van der Waals surface area contributed by atoms with Gasteiger partial charge in [0.25, 0.3) is 0 Å². The second-order valence-electron chi connectivity index (χ2n) is 6.45. The third-order valence-electron chi connectivity index (χ3n) is 5.42. The van der Waals surface area contributed by atoms with Crippen molar-refractivity contribution in [2.45, 2.75) is 56.8 Å². The maximum absolute atomic E-state index is 11.7. The Morgan fingerprint density at radius 3 is 2.65 bits per heavy atom. The quantitative estimate of drug-likeness (QED) is 0.535. The molecule has 20 heavy (non-hydrogen) atoms.